The molecule has 0 bridgehead atoms. The zero-order chi connectivity index (χ0) is 20.9. The summed E-state index contributed by atoms with van der Waals surface area (Å²) in [4.78, 5) is 26.1. The molecular formula is C19H23N3O5S. The number of benzene rings is 2. The van der Waals surface area contributed by atoms with E-state index in [0.29, 0.717) is 11.1 Å². The smallest absolute Gasteiger partial charge is 0.338 e. The number of hydrogen-bond donors (Lipinski definition) is 2. The van der Waals surface area contributed by atoms with Crippen LogP contribution in [0.1, 0.15) is 15.9 Å². The molecule has 0 spiro atoms. The molecule has 0 aromatic heterocycles. The van der Waals surface area contributed by atoms with Crippen molar-refractivity contribution in [1.82, 2.24) is 4.72 Å². The first kappa shape index (κ1) is 21.4. The van der Waals surface area contributed by atoms with Crippen LogP contribution in [0.5, 0.6) is 0 Å². The summed E-state index contributed by atoms with van der Waals surface area (Å²) >= 11 is 0. The fourth-order valence-electron chi connectivity index (χ4n) is 2.40. The largest absolute Gasteiger partial charge is 0.452 e. The van der Waals surface area contributed by atoms with Crippen molar-refractivity contribution in [2.75, 3.05) is 38.0 Å². The average molecular weight is 405 g/mol. The number of aryl methyl sites for hydroxylation is 1. The van der Waals surface area contributed by atoms with Crippen LogP contribution < -0.4 is 14.9 Å². The molecule has 0 fully saturated rings. The van der Waals surface area contributed by atoms with E-state index in [1.165, 1.54) is 13.1 Å². The molecular weight excluding hydrogens is 382 g/mol. The van der Waals surface area contributed by atoms with E-state index in [1.807, 2.05) is 25.1 Å². The molecule has 150 valence electrons. The van der Waals surface area contributed by atoms with Crippen LogP contribution in [-0.4, -0.2) is 48.0 Å². The molecule has 2 aromatic rings. The monoisotopic (exact) mass is 405 g/mol. The van der Waals surface area contributed by atoms with E-state index in [2.05, 4.69) is 10.0 Å². The minimum Gasteiger partial charge on any atom is -0.452 e. The summed E-state index contributed by atoms with van der Waals surface area (Å²) < 4.78 is 31.3. The van der Waals surface area contributed by atoms with Gasteiger partial charge in [-0.1, -0.05) is 12.1 Å². The first-order valence-corrected chi connectivity index (χ1v) is 9.91. The molecule has 0 aliphatic carbocycles. The third-order valence-corrected chi connectivity index (χ3v) is 5.52. The van der Waals surface area contributed by atoms with Crippen LogP contribution in [0.15, 0.2) is 47.4 Å². The molecule has 1 amide bonds. The summed E-state index contributed by atoms with van der Waals surface area (Å²) in [6.07, 6.45) is 0. The number of carbonyl (C=O) groups excluding carboxylic acids is 2. The normalized spacial score (nSPS) is 11.0. The third kappa shape index (κ3) is 5.30. The van der Waals surface area contributed by atoms with Gasteiger partial charge in [0, 0.05) is 25.5 Å². The molecule has 28 heavy (non-hydrogen) atoms. The van der Waals surface area contributed by atoms with Crippen molar-refractivity contribution in [2.45, 2.75) is 11.8 Å². The lowest BCUT2D eigenvalue weighted by atomic mass is 10.2. The molecule has 0 saturated heterocycles. The Morgan fingerprint density at radius 1 is 1.11 bits per heavy atom. The second kappa shape index (κ2) is 8.85. The first-order valence-electron chi connectivity index (χ1n) is 8.42. The van der Waals surface area contributed by atoms with Gasteiger partial charge in [0.05, 0.1) is 10.5 Å². The summed E-state index contributed by atoms with van der Waals surface area (Å²) in [6.45, 7) is 1.16. The summed E-state index contributed by atoms with van der Waals surface area (Å²) in [5, 5.41) is 2.53. The maximum Gasteiger partial charge on any atom is 0.338 e. The lowest BCUT2D eigenvalue weighted by Gasteiger charge is -2.13. The molecule has 2 aromatic carbocycles. The molecule has 0 unspecified atom stereocenters. The zero-order valence-corrected chi connectivity index (χ0v) is 17.0. The van der Waals surface area contributed by atoms with Gasteiger partial charge in [-0.05, 0) is 49.9 Å². The Labute approximate surface area is 164 Å². The maximum atomic E-state index is 12.1. The molecule has 0 saturated carbocycles. The molecule has 2 N–H and O–H groups in total. The molecule has 0 aliphatic heterocycles. The van der Waals surface area contributed by atoms with Crippen molar-refractivity contribution in [3.63, 3.8) is 0 Å². The number of nitrogens with one attached hydrogen (secondary N) is 2. The topological polar surface area (TPSA) is 105 Å². The Kier molecular flexibility index (Phi) is 6.76. The molecule has 9 heteroatoms. The second-order valence-corrected chi connectivity index (χ2v) is 8.11. The second-order valence-electron chi connectivity index (χ2n) is 6.26. The quantitative estimate of drug-likeness (QED) is 0.680. The summed E-state index contributed by atoms with van der Waals surface area (Å²) in [7, 11) is 1.36. The minimum atomic E-state index is -3.65. The molecule has 8 nitrogen and oxygen atoms in total. The van der Waals surface area contributed by atoms with Gasteiger partial charge in [0.25, 0.3) is 5.91 Å². The van der Waals surface area contributed by atoms with Crippen LogP contribution >= 0.6 is 0 Å². The van der Waals surface area contributed by atoms with Crippen LogP contribution in [0.3, 0.4) is 0 Å². The number of sulfonamides is 1. The SMILES string of the molecule is CNS(=O)(=O)c1cc(NC(=O)COC(=O)c2cccc(N(C)C)c2)ccc1C. The highest BCUT2D eigenvalue weighted by atomic mass is 32.2. The number of carbonyl (C=O) groups is 2. The Morgan fingerprint density at radius 2 is 1.82 bits per heavy atom. The molecule has 0 aliphatic rings. The Hall–Kier alpha value is -2.91. The van der Waals surface area contributed by atoms with Crippen molar-refractivity contribution >= 4 is 33.3 Å². The van der Waals surface area contributed by atoms with E-state index in [0.717, 1.165) is 5.69 Å². The fourth-order valence-corrected chi connectivity index (χ4v) is 3.39. The van der Waals surface area contributed by atoms with E-state index < -0.39 is 28.5 Å². The van der Waals surface area contributed by atoms with Crippen LogP contribution in [0, 0.1) is 6.92 Å². The van der Waals surface area contributed by atoms with Gasteiger partial charge in [-0.25, -0.2) is 17.9 Å². The number of nitrogens with zero attached hydrogens (tertiary/aromatic N) is 1. The molecule has 0 atom stereocenters. The highest BCUT2D eigenvalue weighted by Gasteiger charge is 2.16. The minimum absolute atomic E-state index is 0.0605. The number of amides is 1. The van der Waals surface area contributed by atoms with Crippen molar-refractivity contribution in [1.29, 1.82) is 0 Å². The summed E-state index contributed by atoms with van der Waals surface area (Å²) in [5.41, 5.74) is 1.99. The number of esters is 1. The molecule has 0 heterocycles. The Morgan fingerprint density at radius 3 is 2.46 bits per heavy atom. The van der Waals surface area contributed by atoms with Crippen LogP contribution in [-0.2, 0) is 19.6 Å². The van der Waals surface area contributed by atoms with E-state index in [9.17, 15) is 18.0 Å². The van der Waals surface area contributed by atoms with E-state index in [-0.39, 0.29) is 10.6 Å². The van der Waals surface area contributed by atoms with E-state index >= 15 is 0 Å². The molecule has 2 rings (SSSR count). The van der Waals surface area contributed by atoms with Crippen molar-refractivity contribution in [3.05, 3.63) is 53.6 Å². The number of hydrogen-bond acceptors (Lipinski definition) is 6. The standard InChI is InChI=1S/C19H23N3O5S/c1-13-8-9-15(11-17(13)28(25,26)20-2)21-18(23)12-27-19(24)14-6-5-7-16(10-14)22(3)4/h5-11,20H,12H2,1-4H3,(H,21,23). The van der Waals surface area contributed by atoms with Gasteiger partial charge in [0.2, 0.25) is 10.0 Å². The van der Waals surface area contributed by atoms with Crippen molar-refractivity contribution in [3.8, 4) is 0 Å². The van der Waals surface area contributed by atoms with Gasteiger partial charge in [0.1, 0.15) is 0 Å². The van der Waals surface area contributed by atoms with Crippen LogP contribution in [0.4, 0.5) is 11.4 Å². The maximum absolute atomic E-state index is 12.1. The van der Waals surface area contributed by atoms with Gasteiger partial charge in [-0.3, -0.25) is 4.79 Å². The van der Waals surface area contributed by atoms with Crippen LogP contribution in [0.2, 0.25) is 0 Å². The van der Waals surface area contributed by atoms with E-state index in [4.69, 9.17) is 4.74 Å². The fraction of sp³-hybridized carbons (Fsp3) is 0.263. The Bertz CT molecular complexity index is 987. The Balaban J connectivity index is 2.02. The van der Waals surface area contributed by atoms with Gasteiger partial charge in [0.15, 0.2) is 6.61 Å². The van der Waals surface area contributed by atoms with Gasteiger partial charge in [-0.2, -0.15) is 0 Å². The van der Waals surface area contributed by atoms with E-state index in [1.54, 1.807) is 37.3 Å². The molecule has 0 radical (unpaired) electrons. The van der Waals surface area contributed by atoms with Gasteiger partial charge < -0.3 is 15.0 Å². The zero-order valence-electron chi connectivity index (χ0n) is 16.1. The highest BCUT2D eigenvalue weighted by molar-refractivity contribution is 7.89. The predicted octanol–water partition coefficient (Wildman–Crippen LogP) is 1.76. The lowest BCUT2D eigenvalue weighted by Crippen LogP contribution is -2.22. The first-order chi connectivity index (χ1) is 13.1. The van der Waals surface area contributed by atoms with Crippen LogP contribution in [0.25, 0.3) is 0 Å². The number of anilines is 2. The lowest BCUT2D eigenvalue weighted by molar-refractivity contribution is -0.119. The number of rotatable bonds is 7. The van der Waals surface area contributed by atoms with Gasteiger partial charge in [-0.15, -0.1) is 0 Å². The summed E-state index contributed by atoms with van der Waals surface area (Å²) in [6, 6.07) is 11.3. The van der Waals surface area contributed by atoms with Crippen molar-refractivity contribution in [2.24, 2.45) is 0 Å². The highest BCUT2D eigenvalue weighted by Crippen LogP contribution is 2.20. The van der Waals surface area contributed by atoms with Gasteiger partial charge >= 0.3 is 5.97 Å². The van der Waals surface area contributed by atoms with Crippen molar-refractivity contribution < 1.29 is 22.7 Å². The summed E-state index contributed by atoms with van der Waals surface area (Å²) in [5.74, 6) is -1.20. The third-order valence-electron chi connectivity index (χ3n) is 3.96. The average Bonchev–Trinajstić information content (AvgIpc) is 2.67. The predicted molar refractivity (Wildman–Crippen MR) is 107 cm³/mol. The number of ether oxygens (including phenoxy) is 1.